The molecule has 5 nitrogen and oxygen atoms in total. The van der Waals surface area contributed by atoms with Crippen LogP contribution in [0.3, 0.4) is 0 Å². The SMILES string of the molecule is CCOS(=O)O.O=C=CC12CCC1CNC2. The molecule has 1 saturated carbocycles. The molecule has 1 heterocycles. The van der Waals surface area contributed by atoms with E-state index in [4.69, 9.17) is 4.55 Å². The van der Waals surface area contributed by atoms with Gasteiger partial charge in [-0.3, -0.25) is 8.74 Å². The maximum atomic E-state index is 10.1. The lowest BCUT2D eigenvalue weighted by molar-refractivity contribution is 0.148. The van der Waals surface area contributed by atoms with Gasteiger partial charge in [-0.25, -0.2) is 4.79 Å². The smallest absolute Gasteiger partial charge is 0.301 e. The molecule has 0 aromatic rings. The predicted octanol–water partition coefficient (Wildman–Crippen LogP) is 0.533. The minimum absolute atomic E-state index is 0.224. The van der Waals surface area contributed by atoms with Crippen LogP contribution < -0.4 is 5.32 Å². The van der Waals surface area contributed by atoms with Crippen LogP contribution in [0.4, 0.5) is 0 Å². The van der Waals surface area contributed by atoms with Crippen molar-refractivity contribution in [2.24, 2.45) is 11.3 Å². The van der Waals surface area contributed by atoms with Crippen molar-refractivity contribution in [3.05, 3.63) is 6.08 Å². The molecule has 0 aromatic carbocycles. The van der Waals surface area contributed by atoms with Crippen LogP contribution in [-0.2, 0) is 20.3 Å². The Morgan fingerprint density at radius 2 is 2.50 bits per heavy atom. The van der Waals surface area contributed by atoms with E-state index >= 15 is 0 Å². The Bertz CT molecular complexity index is 303. The van der Waals surface area contributed by atoms with Crippen molar-refractivity contribution < 1.29 is 17.7 Å². The van der Waals surface area contributed by atoms with Crippen LogP contribution in [0, 0.1) is 11.3 Å². The predicted molar refractivity (Wildman–Crippen MR) is 60.7 cm³/mol. The molecule has 1 aliphatic heterocycles. The van der Waals surface area contributed by atoms with Crippen LogP contribution in [0.1, 0.15) is 19.8 Å². The van der Waals surface area contributed by atoms with Crippen LogP contribution >= 0.6 is 0 Å². The Kier molecular flexibility index (Phi) is 5.31. The number of rotatable bonds is 3. The van der Waals surface area contributed by atoms with Crippen molar-refractivity contribution in [1.29, 1.82) is 0 Å². The quantitative estimate of drug-likeness (QED) is 0.562. The fraction of sp³-hybridized carbons (Fsp3) is 0.800. The number of fused-ring (bicyclic) bond motifs is 1. The van der Waals surface area contributed by atoms with Crippen molar-refractivity contribution in [3.63, 3.8) is 0 Å². The summed E-state index contributed by atoms with van der Waals surface area (Å²) in [6.07, 6.45) is 4.19. The first-order valence-corrected chi connectivity index (χ1v) is 6.34. The van der Waals surface area contributed by atoms with Crippen LogP contribution in [0.2, 0.25) is 0 Å². The second-order valence-corrected chi connectivity index (χ2v) is 4.66. The normalized spacial score (nSPS) is 32.5. The van der Waals surface area contributed by atoms with Gasteiger partial charge in [-0.15, -0.1) is 0 Å². The molecule has 2 N–H and O–H groups in total. The highest BCUT2D eigenvalue weighted by Gasteiger charge is 2.48. The lowest BCUT2D eigenvalue weighted by Gasteiger charge is -2.40. The Morgan fingerprint density at radius 3 is 2.81 bits per heavy atom. The maximum absolute atomic E-state index is 10.1. The zero-order chi connectivity index (χ0) is 12.0. The lowest BCUT2D eigenvalue weighted by atomic mass is 9.62. The van der Waals surface area contributed by atoms with E-state index in [0.29, 0.717) is 0 Å². The molecule has 16 heavy (non-hydrogen) atoms. The average Bonchev–Trinajstić information content (AvgIpc) is 2.46. The van der Waals surface area contributed by atoms with E-state index in [1.165, 1.54) is 12.8 Å². The third kappa shape index (κ3) is 3.23. The molecule has 3 atom stereocenters. The van der Waals surface area contributed by atoms with E-state index in [2.05, 4.69) is 9.50 Å². The summed E-state index contributed by atoms with van der Waals surface area (Å²) in [5, 5.41) is 3.30. The number of hydrogen-bond donors (Lipinski definition) is 2. The van der Waals surface area contributed by atoms with Gasteiger partial charge in [0.25, 0.3) is 0 Å². The molecule has 1 aliphatic carbocycles. The average molecular weight is 247 g/mol. The summed E-state index contributed by atoms with van der Waals surface area (Å²) >= 11 is -2.07. The largest absolute Gasteiger partial charge is 0.316 e. The molecule has 3 unspecified atom stereocenters. The third-order valence-electron chi connectivity index (χ3n) is 3.18. The number of nitrogens with one attached hydrogen (secondary N) is 1. The molecule has 0 bridgehead atoms. The van der Waals surface area contributed by atoms with E-state index in [0.717, 1.165) is 19.0 Å². The summed E-state index contributed by atoms with van der Waals surface area (Å²) in [7, 11) is 0. The van der Waals surface area contributed by atoms with Crippen LogP contribution in [0.5, 0.6) is 0 Å². The van der Waals surface area contributed by atoms with Crippen molar-refractivity contribution in [3.8, 4) is 0 Å². The first-order chi connectivity index (χ1) is 7.64. The molecular formula is C10H17NO4S. The van der Waals surface area contributed by atoms with Gasteiger partial charge >= 0.3 is 11.4 Å². The second kappa shape index (κ2) is 6.27. The molecule has 0 aromatic heterocycles. The van der Waals surface area contributed by atoms with Crippen LogP contribution in [0.25, 0.3) is 0 Å². The summed E-state index contributed by atoms with van der Waals surface area (Å²) in [5.41, 5.74) is 0.224. The monoisotopic (exact) mass is 247 g/mol. The molecule has 2 aliphatic rings. The summed E-state index contributed by atoms with van der Waals surface area (Å²) in [6.45, 7) is 4.02. The Morgan fingerprint density at radius 1 is 1.75 bits per heavy atom. The standard InChI is InChI=1S/C8H11NO.C2H6O3S/c10-4-3-8-2-1-7(8)5-9-6-8;1-2-5-6(3)4/h3,7,9H,1-2,5-6H2;2H2,1H3,(H,3,4). The fourth-order valence-electron chi connectivity index (χ4n) is 2.20. The van der Waals surface area contributed by atoms with E-state index in [-0.39, 0.29) is 12.0 Å². The highest BCUT2D eigenvalue weighted by Crippen LogP contribution is 2.49. The molecule has 0 amide bonds. The molecule has 0 radical (unpaired) electrons. The van der Waals surface area contributed by atoms with Gasteiger partial charge < -0.3 is 5.32 Å². The summed E-state index contributed by atoms with van der Waals surface area (Å²) in [6, 6.07) is 0. The minimum atomic E-state index is -2.07. The van der Waals surface area contributed by atoms with Crippen molar-refractivity contribution >= 4 is 17.3 Å². The van der Waals surface area contributed by atoms with Crippen molar-refractivity contribution in [2.75, 3.05) is 19.7 Å². The van der Waals surface area contributed by atoms with Gasteiger partial charge in [-0.1, -0.05) is 0 Å². The van der Waals surface area contributed by atoms with E-state index in [1.807, 2.05) is 5.94 Å². The van der Waals surface area contributed by atoms with Crippen LogP contribution in [0.15, 0.2) is 6.08 Å². The molecule has 92 valence electrons. The van der Waals surface area contributed by atoms with Gasteiger partial charge in [0.15, 0.2) is 0 Å². The Labute approximate surface area is 97.7 Å². The molecule has 6 heteroatoms. The topological polar surface area (TPSA) is 75.6 Å². The zero-order valence-electron chi connectivity index (χ0n) is 9.27. The summed E-state index contributed by atoms with van der Waals surface area (Å²) < 4.78 is 21.4. The first-order valence-electron chi connectivity index (χ1n) is 5.31. The first kappa shape index (κ1) is 13.5. The van der Waals surface area contributed by atoms with Gasteiger partial charge in [-0.05, 0) is 32.2 Å². The maximum Gasteiger partial charge on any atom is 0.301 e. The lowest BCUT2D eigenvalue weighted by Crippen LogP contribution is -2.37. The highest BCUT2D eigenvalue weighted by molar-refractivity contribution is 7.74. The number of hydrogen-bond acceptors (Lipinski definition) is 4. The third-order valence-corrected chi connectivity index (χ3v) is 3.62. The second-order valence-electron chi connectivity index (χ2n) is 3.99. The zero-order valence-corrected chi connectivity index (χ0v) is 10.1. The van der Waals surface area contributed by atoms with Gasteiger partial charge in [0.1, 0.15) is 5.94 Å². The molecule has 2 fully saturated rings. The van der Waals surface area contributed by atoms with Crippen molar-refractivity contribution in [1.82, 2.24) is 5.32 Å². The Balaban J connectivity index is 0.000000187. The van der Waals surface area contributed by atoms with Crippen LogP contribution in [-0.4, -0.2) is 34.4 Å². The molecule has 2 rings (SSSR count). The van der Waals surface area contributed by atoms with Gasteiger partial charge in [0.05, 0.1) is 6.61 Å². The summed E-state index contributed by atoms with van der Waals surface area (Å²) in [4.78, 5) is 10.1. The molecule has 1 saturated heterocycles. The van der Waals surface area contributed by atoms with Crippen molar-refractivity contribution in [2.45, 2.75) is 19.8 Å². The van der Waals surface area contributed by atoms with E-state index in [9.17, 15) is 9.00 Å². The van der Waals surface area contributed by atoms with Gasteiger partial charge in [0, 0.05) is 18.0 Å². The minimum Gasteiger partial charge on any atom is -0.316 e. The van der Waals surface area contributed by atoms with E-state index < -0.39 is 11.4 Å². The highest BCUT2D eigenvalue weighted by atomic mass is 32.2. The van der Waals surface area contributed by atoms with Gasteiger partial charge in [0.2, 0.25) is 0 Å². The van der Waals surface area contributed by atoms with E-state index in [1.54, 1.807) is 13.0 Å². The molecule has 0 spiro atoms. The van der Waals surface area contributed by atoms with Gasteiger partial charge in [-0.2, -0.15) is 4.21 Å². The number of carbonyl (C=O) groups excluding carboxylic acids is 1. The Hall–Kier alpha value is -0.520. The molecular weight excluding hydrogens is 230 g/mol. The fourth-order valence-corrected chi connectivity index (χ4v) is 2.40. The summed E-state index contributed by atoms with van der Waals surface area (Å²) in [5.74, 6) is 2.65.